The van der Waals surface area contributed by atoms with Gasteiger partial charge in [0.25, 0.3) is 5.91 Å². The summed E-state index contributed by atoms with van der Waals surface area (Å²) in [5, 5.41) is 3.73. The number of aromatic nitrogens is 2. The first-order valence-electron chi connectivity index (χ1n) is 4.89. The molecule has 96 valence electrons. The second-order valence-corrected chi connectivity index (χ2v) is 3.47. The van der Waals surface area contributed by atoms with Gasteiger partial charge in [0, 0.05) is 26.3 Å². The van der Waals surface area contributed by atoms with Crippen LogP contribution in [-0.4, -0.2) is 46.4 Å². The molecular formula is C9H13F3N4O. The van der Waals surface area contributed by atoms with Crippen molar-refractivity contribution >= 4 is 5.91 Å². The first-order valence-corrected chi connectivity index (χ1v) is 4.89. The summed E-state index contributed by atoms with van der Waals surface area (Å²) in [7, 11) is 1.49. The van der Waals surface area contributed by atoms with Crippen molar-refractivity contribution < 1.29 is 18.0 Å². The number of amides is 1. The third-order valence-corrected chi connectivity index (χ3v) is 2.10. The number of carbonyl (C=O) groups is 1. The van der Waals surface area contributed by atoms with Crippen LogP contribution in [-0.2, 0) is 7.05 Å². The number of carbonyl (C=O) groups excluding carboxylic acids is 1. The van der Waals surface area contributed by atoms with Gasteiger partial charge in [-0.1, -0.05) is 0 Å². The lowest BCUT2D eigenvalue weighted by atomic mass is 10.3. The predicted molar refractivity (Wildman–Crippen MR) is 54.2 cm³/mol. The molecule has 1 rings (SSSR count). The van der Waals surface area contributed by atoms with E-state index in [0.29, 0.717) is 4.90 Å². The molecule has 1 aromatic rings. The molecule has 0 bridgehead atoms. The van der Waals surface area contributed by atoms with Crippen molar-refractivity contribution in [1.29, 1.82) is 0 Å². The summed E-state index contributed by atoms with van der Waals surface area (Å²) < 4.78 is 38.0. The molecule has 0 fully saturated rings. The summed E-state index contributed by atoms with van der Waals surface area (Å²) >= 11 is 0. The molecule has 0 unspecified atom stereocenters. The van der Waals surface area contributed by atoms with Crippen molar-refractivity contribution in [1.82, 2.24) is 14.7 Å². The minimum atomic E-state index is -4.44. The molecule has 0 atom stereocenters. The Balaban J connectivity index is 2.84. The van der Waals surface area contributed by atoms with E-state index in [0.717, 1.165) is 0 Å². The molecule has 0 radical (unpaired) electrons. The maximum absolute atomic E-state index is 12.3. The molecule has 1 aromatic heterocycles. The SMILES string of the molecule is Cn1nccc1C(=O)N(CCN)CC(F)(F)F. The van der Waals surface area contributed by atoms with E-state index >= 15 is 0 Å². The Bertz CT molecular complexity index is 388. The number of hydrogen-bond acceptors (Lipinski definition) is 3. The van der Waals surface area contributed by atoms with Crippen molar-refractivity contribution in [3.05, 3.63) is 18.0 Å². The highest BCUT2D eigenvalue weighted by Crippen LogP contribution is 2.17. The van der Waals surface area contributed by atoms with Crippen LogP contribution in [0.2, 0.25) is 0 Å². The zero-order valence-corrected chi connectivity index (χ0v) is 9.24. The fourth-order valence-corrected chi connectivity index (χ4v) is 1.37. The van der Waals surface area contributed by atoms with Gasteiger partial charge in [0.15, 0.2) is 0 Å². The number of nitrogens with zero attached hydrogens (tertiary/aromatic N) is 3. The number of aryl methyl sites for hydroxylation is 1. The second-order valence-electron chi connectivity index (χ2n) is 3.47. The van der Waals surface area contributed by atoms with Crippen LogP contribution in [0, 0.1) is 0 Å². The van der Waals surface area contributed by atoms with Crippen molar-refractivity contribution in [2.75, 3.05) is 19.6 Å². The van der Waals surface area contributed by atoms with E-state index in [1.807, 2.05) is 0 Å². The smallest absolute Gasteiger partial charge is 0.329 e. The molecule has 1 amide bonds. The normalized spacial score (nSPS) is 11.6. The lowest BCUT2D eigenvalue weighted by molar-refractivity contribution is -0.140. The molecule has 0 aromatic carbocycles. The Labute approximate surface area is 96.0 Å². The van der Waals surface area contributed by atoms with Gasteiger partial charge in [0.1, 0.15) is 12.2 Å². The zero-order chi connectivity index (χ0) is 13.1. The topological polar surface area (TPSA) is 64.2 Å². The van der Waals surface area contributed by atoms with Crippen LogP contribution in [0.1, 0.15) is 10.5 Å². The molecule has 0 saturated carbocycles. The van der Waals surface area contributed by atoms with Gasteiger partial charge in [0.05, 0.1) is 0 Å². The molecule has 0 spiro atoms. The fraction of sp³-hybridized carbons (Fsp3) is 0.556. The Morgan fingerprint density at radius 2 is 2.24 bits per heavy atom. The Hall–Kier alpha value is -1.57. The van der Waals surface area contributed by atoms with E-state index < -0.39 is 18.6 Å². The molecule has 0 saturated heterocycles. The van der Waals surface area contributed by atoms with E-state index in [-0.39, 0.29) is 18.8 Å². The van der Waals surface area contributed by atoms with Crippen LogP contribution in [0.5, 0.6) is 0 Å². The molecule has 8 heteroatoms. The van der Waals surface area contributed by atoms with Crippen molar-refractivity contribution in [3.63, 3.8) is 0 Å². The Morgan fingerprint density at radius 1 is 1.59 bits per heavy atom. The monoisotopic (exact) mass is 250 g/mol. The molecule has 0 aliphatic carbocycles. The average Bonchev–Trinajstić information content (AvgIpc) is 2.61. The van der Waals surface area contributed by atoms with Crippen LogP contribution >= 0.6 is 0 Å². The largest absolute Gasteiger partial charge is 0.406 e. The Kier molecular flexibility index (Phi) is 4.11. The Morgan fingerprint density at radius 3 is 2.65 bits per heavy atom. The van der Waals surface area contributed by atoms with Gasteiger partial charge in [-0.25, -0.2) is 0 Å². The van der Waals surface area contributed by atoms with Crippen LogP contribution in [0.15, 0.2) is 12.3 Å². The summed E-state index contributed by atoms with van der Waals surface area (Å²) in [4.78, 5) is 12.5. The highest BCUT2D eigenvalue weighted by Gasteiger charge is 2.33. The van der Waals surface area contributed by atoms with Crippen LogP contribution in [0.4, 0.5) is 13.2 Å². The second kappa shape index (κ2) is 5.17. The van der Waals surface area contributed by atoms with Crippen molar-refractivity contribution in [2.45, 2.75) is 6.18 Å². The van der Waals surface area contributed by atoms with E-state index in [1.54, 1.807) is 0 Å². The van der Waals surface area contributed by atoms with Crippen molar-refractivity contribution in [3.8, 4) is 0 Å². The van der Waals surface area contributed by atoms with E-state index in [1.165, 1.54) is 24.0 Å². The maximum Gasteiger partial charge on any atom is 0.406 e. The van der Waals surface area contributed by atoms with E-state index in [9.17, 15) is 18.0 Å². The molecule has 5 nitrogen and oxygen atoms in total. The number of alkyl halides is 3. The van der Waals surface area contributed by atoms with Gasteiger partial charge < -0.3 is 10.6 Å². The predicted octanol–water partition coefficient (Wildman–Crippen LogP) is 0.383. The summed E-state index contributed by atoms with van der Waals surface area (Å²) in [6.07, 6.45) is -3.09. The van der Waals surface area contributed by atoms with E-state index in [2.05, 4.69) is 5.10 Å². The number of nitrogens with two attached hydrogens (primary N) is 1. The third kappa shape index (κ3) is 3.74. The number of rotatable bonds is 4. The summed E-state index contributed by atoms with van der Waals surface area (Å²) in [5.74, 6) is -0.729. The molecule has 0 aliphatic rings. The van der Waals surface area contributed by atoms with Crippen molar-refractivity contribution in [2.24, 2.45) is 12.8 Å². The molecular weight excluding hydrogens is 237 g/mol. The van der Waals surface area contributed by atoms with Gasteiger partial charge in [-0.05, 0) is 6.07 Å². The van der Waals surface area contributed by atoms with Gasteiger partial charge in [0.2, 0.25) is 0 Å². The maximum atomic E-state index is 12.3. The quantitative estimate of drug-likeness (QED) is 0.840. The molecule has 1 heterocycles. The molecule has 0 aliphatic heterocycles. The fourth-order valence-electron chi connectivity index (χ4n) is 1.37. The minimum absolute atomic E-state index is 0.0281. The lowest BCUT2D eigenvalue weighted by Gasteiger charge is -2.23. The lowest BCUT2D eigenvalue weighted by Crippen LogP contribution is -2.42. The van der Waals surface area contributed by atoms with Gasteiger partial charge >= 0.3 is 6.18 Å². The van der Waals surface area contributed by atoms with Crippen LogP contribution < -0.4 is 5.73 Å². The first-order chi connectivity index (χ1) is 7.85. The molecule has 17 heavy (non-hydrogen) atoms. The van der Waals surface area contributed by atoms with Crippen LogP contribution in [0.3, 0.4) is 0 Å². The van der Waals surface area contributed by atoms with Gasteiger partial charge in [-0.3, -0.25) is 9.48 Å². The van der Waals surface area contributed by atoms with Gasteiger partial charge in [-0.2, -0.15) is 18.3 Å². The molecule has 2 N–H and O–H groups in total. The van der Waals surface area contributed by atoms with Gasteiger partial charge in [-0.15, -0.1) is 0 Å². The third-order valence-electron chi connectivity index (χ3n) is 2.10. The average molecular weight is 250 g/mol. The first kappa shape index (κ1) is 13.5. The summed E-state index contributed by atoms with van der Waals surface area (Å²) in [6.45, 7) is -1.49. The van der Waals surface area contributed by atoms with E-state index in [4.69, 9.17) is 5.73 Å². The van der Waals surface area contributed by atoms with Crippen LogP contribution in [0.25, 0.3) is 0 Å². The summed E-state index contributed by atoms with van der Waals surface area (Å²) in [5.41, 5.74) is 5.29. The minimum Gasteiger partial charge on any atom is -0.329 e. The standard InChI is InChI=1S/C9H13F3N4O/c1-15-7(2-4-14-15)8(17)16(5-3-13)6-9(10,11)12/h2,4H,3,5-6,13H2,1H3. The number of halogens is 3. The zero-order valence-electron chi connectivity index (χ0n) is 9.24. The highest BCUT2D eigenvalue weighted by molar-refractivity contribution is 5.92. The summed E-state index contributed by atoms with van der Waals surface area (Å²) in [6, 6.07) is 1.36. The highest BCUT2D eigenvalue weighted by atomic mass is 19.4. The number of hydrogen-bond donors (Lipinski definition) is 1.